The van der Waals surface area contributed by atoms with Crippen molar-refractivity contribution in [2.75, 3.05) is 5.32 Å². The van der Waals surface area contributed by atoms with E-state index >= 15 is 0 Å². The molecule has 2 aromatic rings. The first-order valence-corrected chi connectivity index (χ1v) is 6.29. The van der Waals surface area contributed by atoms with Crippen LogP contribution in [0.3, 0.4) is 0 Å². The lowest BCUT2D eigenvalue weighted by molar-refractivity contribution is 0.102. The number of halogens is 2. The summed E-state index contributed by atoms with van der Waals surface area (Å²) in [6.07, 6.45) is 0. The van der Waals surface area contributed by atoms with Gasteiger partial charge in [0.05, 0.1) is 5.02 Å². The van der Waals surface area contributed by atoms with Crippen LogP contribution in [0.25, 0.3) is 0 Å². The largest absolute Gasteiger partial charge is 0.508 e. The van der Waals surface area contributed by atoms with Crippen molar-refractivity contribution in [3.8, 4) is 5.75 Å². The highest BCUT2D eigenvalue weighted by atomic mass is 79.9. The first kappa shape index (κ1) is 12.9. The molecular weight excluding hydrogens is 318 g/mol. The minimum absolute atomic E-state index is 0.126. The Morgan fingerprint density at radius 3 is 2.44 bits per heavy atom. The second-order valence-electron chi connectivity index (χ2n) is 3.63. The highest BCUT2D eigenvalue weighted by molar-refractivity contribution is 9.10. The molecule has 5 heteroatoms. The number of phenols is 1. The quantitative estimate of drug-likeness (QED) is 0.874. The molecule has 0 aromatic heterocycles. The fraction of sp³-hybridized carbons (Fsp3) is 0. The molecule has 0 aliphatic heterocycles. The van der Waals surface area contributed by atoms with Gasteiger partial charge in [-0.2, -0.15) is 0 Å². The Balaban J connectivity index is 2.16. The van der Waals surface area contributed by atoms with Crippen molar-refractivity contribution in [1.82, 2.24) is 0 Å². The third-order valence-electron chi connectivity index (χ3n) is 2.31. The Kier molecular flexibility index (Phi) is 3.89. The van der Waals surface area contributed by atoms with E-state index in [1.807, 2.05) is 0 Å². The molecule has 0 aliphatic carbocycles. The predicted octanol–water partition coefficient (Wildman–Crippen LogP) is 4.06. The molecule has 92 valence electrons. The lowest BCUT2D eigenvalue weighted by atomic mass is 10.2. The Hall–Kier alpha value is -1.52. The third kappa shape index (κ3) is 3.03. The molecule has 1 amide bonds. The summed E-state index contributed by atoms with van der Waals surface area (Å²) in [5.41, 5.74) is 1.11. The summed E-state index contributed by atoms with van der Waals surface area (Å²) in [5.74, 6) is -0.120. The van der Waals surface area contributed by atoms with Crippen LogP contribution in [0.5, 0.6) is 5.75 Å². The van der Waals surface area contributed by atoms with E-state index < -0.39 is 0 Å². The minimum Gasteiger partial charge on any atom is -0.508 e. The number of benzene rings is 2. The summed E-state index contributed by atoms with van der Waals surface area (Å²) in [4.78, 5) is 11.9. The molecule has 0 unspecified atom stereocenters. The van der Waals surface area contributed by atoms with Gasteiger partial charge in [0.1, 0.15) is 5.75 Å². The molecular formula is C13H9BrClNO2. The van der Waals surface area contributed by atoms with Crippen molar-refractivity contribution in [3.05, 3.63) is 57.5 Å². The van der Waals surface area contributed by atoms with Gasteiger partial charge in [-0.15, -0.1) is 0 Å². The number of nitrogens with one attached hydrogen (secondary N) is 1. The molecule has 0 heterocycles. The zero-order chi connectivity index (χ0) is 13.1. The van der Waals surface area contributed by atoms with E-state index in [-0.39, 0.29) is 11.7 Å². The van der Waals surface area contributed by atoms with Gasteiger partial charge in [-0.05, 0) is 58.4 Å². The van der Waals surface area contributed by atoms with E-state index in [9.17, 15) is 4.79 Å². The van der Waals surface area contributed by atoms with Crippen molar-refractivity contribution in [2.24, 2.45) is 0 Å². The van der Waals surface area contributed by atoms with E-state index in [1.54, 1.807) is 30.3 Å². The van der Waals surface area contributed by atoms with Gasteiger partial charge >= 0.3 is 0 Å². The van der Waals surface area contributed by atoms with Crippen molar-refractivity contribution >= 4 is 39.1 Å². The van der Waals surface area contributed by atoms with Crippen molar-refractivity contribution in [1.29, 1.82) is 0 Å². The fourth-order valence-electron chi connectivity index (χ4n) is 1.39. The van der Waals surface area contributed by atoms with Gasteiger partial charge < -0.3 is 10.4 Å². The van der Waals surface area contributed by atoms with Crippen LogP contribution in [0, 0.1) is 0 Å². The average Bonchev–Trinajstić information content (AvgIpc) is 2.34. The summed E-state index contributed by atoms with van der Waals surface area (Å²) in [6.45, 7) is 0. The number of carbonyl (C=O) groups is 1. The second-order valence-corrected chi connectivity index (χ2v) is 4.89. The van der Waals surface area contributed by atoms with Crippen molar-refractivity contribution < 1.29 is 9.90 Å². The predicted molar refractivity (Wildman–Crippen MR) is 75.2 cm³/mol. The maximum absolute atomic E-state index is 11.9. The highest BCUT2D eigenvalue weighted by Crippen LogP contribution is 2.25. The monoisotopic (exact) mass is 325 g/mol. The van der Waals surface area contributed by atoms with Crippen LogP contribution in [0.15, 0.2) is 46.9 Å². The number of carbonyl (C=O) groups excluding carboxylic acids is 1. The summed E-state index contributed by atoms with van der Waals surface area (Å²) in [6, 6.07) is 11.2. The molecule has 18 heavy (non-hydrogen) atoms. The molecule has 0 radical (unpaired) electrons. The van der Waals surface area contributed by atoms with Gasteiger partial charge in [-0.25, -0.2) is 0 Å². The third-order valence-corrected chi connectivity index (χ3v) is 3.52. The van der Waals surface area contributed by atoms with E-state index in [2.05, 4.69) is 21.2 Å². The van der Waals surface area contributed by atoms with Crippen molar-refractivity contribution in [3.63, 3.8) is 0 Å². The van der Waals surface area contributed by atoms with Crippen LogP contribution in [0.2, 0.25) is 5.02 Å². The van der Waals surface area contributed by atoms with E-state index in [4.69, 9.17) is 16.7 Å². The van der Waals surface area contributed by atoms with Gasteiger partial charge in [-0.1, -0.05) is 11.6 Å². The Labute approximate surface area is 118 Å². The number of anilines is 1. The summed E-state index contributed by atoms with van der Waals surface area (Å²) >= 11 is 9.15. The van der Waals surface area contributed by atoms with Gasteiger partial charge in [0.15, 0.2) is 0 Å². The van der Waals surface area contributed by atoms with Crippen molar-refractivity contribution in [2.45, 2.75) is 0 Å². The lowest BCUT2D eigenvalue weighted by Gasteiger charge is -2.06. The summed E-state index contributed by atoms with van der Waals surface area (Å²) < 4.78 is 0.715. The van der Waals surface area contributed by atoms with Crippen LogP contribution in [0.1, 0.15) is 10.4 Å². The Bertz CT molecular complexity index is 584. The van der Waals surface area contributed by atoms with Gasteiger partial charge in [-0.3, -0.25) is 4.79 Å². The SMILES string of the molecule is O=C(Nc1ccc(Cl)c(Br)c1)c1ccc(O)cc1. The van der Waals surface area contributed by atoms with Crippen LogP contribution < -0.4 is 5.32 Å². The number of hydrogen-bond donors (Lipinski definition) is 2. The topological polar surface area (TPSA) is 49.3 Å². The van der Waals surface area contributed by atoms with E-state index in [0.717, 1.165) is 0 Å². The first-order valence-electron chi connectivity index (χ1n) is 5.12. The molecule has 0 atom stereocenters. The Morgan fingerprint density at radius 2 is 1.83 bits per heavy atom. The van der Waals surface area contributed by atoms with Crippen LogP contribution in [0.4, 0.5) is 5.69 Å². The minimum atomic E-state index is -0.246. The maximum atomic E-state index is 11.9. The number of rotatable bonds is 2. The van der Waals surface area contributed by atoms with Gasteiger partial charge in [0.2, 0.25) is 0 Å². The standard InChI is InChI=1S/C13H9BrClNO2/c14-11-7-9(3-6-12(11)15)16-13(18)8-1-4-10(17)5-2-8/h1-7,17H,(H,16,18). The van der Waals surface area contributed by atoms with Crippen LogP contribution in [-0.2, 0) is 0 Å². The number of hydrogen-bond acceptors (Lipinski definition) is 2. The van der Waals surface area contributed by atoms with Gasteiger partial charge in [0, 0.05) is 15.7 Å². The second kappa shape index (κ2) is 5.42. The number of aromatic hydroxyl groups is 1. The smallest absolute Gasteiger partial charge is 0.255 e. The molecule has 2 N–H and O–H groups in total. The summed E-state index contributed by atoms with van der Waals surface area (Å²) in [7, 11) is 0. The molecule has 0 fully saturated rings. The number of phenolic OH excluding ortho intramolecular Hbond substituents is 1. The molecule has 0 saturated carbocycles. The molecule has 3 nitrogen and oxygen atoms in total. The van der Waals surface area contributed by atoms with Crippen LogP contribution in [-0.4, -0.2) is 11.0 Å². The molecule has 0 saturated heterocycles. The van der Waals surface area contributed by atoms with Gasteiger partial charge in [0.25, 0.3) is 5.91 Å². The molecule has 0 aliphatic rings. The molecule has 2 rings (SSSR count). The fourth-order valence-corrected chi connectivity index (χ4v) is 1.89. The van der Waals surface area contributed by atoms with E-state index in [0.29, 0.717) is 20.7 Å². The molecule has 0 spiro atoms. The average molecular weight is 327 g/mol. The van der Waals surface area contributed by atoms with E-state index in [1.165, 1.54) is 12.1 Å². The molecule has 0 bridgehead atoms. The zero-order valence-electron chi connectivity index (χ0n) is 9.15. The van der Waals surface area contributed by atoms with Crippen LogP contribution >= 0.6 is 27.5 Å². The molecule has 2 aromatic carbocycles. The number of amides is 1. The normalized spacial score (nSPS) is 10.1. The first-order chi connectivity index (χ1) is 8.56. The zero-order valence-corrected chi connectivity index (χ0v) is 11.5. The highest BCUT2D eigenvalue weighted by Gasteiger charge is 2.07. The maximum Gasteiger partial charge on any atom is 0.255 e. The summed E-state index contributed by atoms with van der Waals surface area (Å²) in [5, 5.41) is 12.5. The Morgan fingerprint density at radius 1 is 1.17 bits per heavy atom. The lowest BCUT2D eigenvalue weighted by Crippen LogP contribution is -2.11.